The monoisotopic (exact) mass is 1440 g/mol. The summed E-state index contributed by atoms with van der Waals surface area (Å²) in [6.07, 6.45) is 1.75. The zero-order chi connectivity index (χ0) is 74.8. The van der Waals surface area contributed by atoms with Crippen LogP contribution in [0.2, 0.25) is 0 Å². The summed E-state index contributed by atoms with van der Waals surface area (Å²) in [6, 6.07) is -8.55. The quantitative estimate of drug-likeness (QED) is 0.0215. The van der Waals surface area contributed by atoms with Crippen LogP contribution >= 0.6 is 25.3 Å². The largest absolute Gasteiger partial charge is 0.508 e. The summed E-state index contributed by atoms with van der Waals surface area (Å²) in [5.41, 5.74) is 11.7. The molecule has 99 heavy (non-hydrogen) atoms. The molecule has 1 saturated heterocycles. The van der Waals surface area contributed by atoms with E-state index in [2.05, 4.69) is 94.4 Å². The summed E-state index contributed by atoms with van der Waals surface area (Å²) < 4.78 is 0. The Morgan fingerprint density at radius 3 is 1.61 bits per heavy atom. The van der Waals surface area contributed by atoms with Gasteiger partial charge in [0.1, 0.15) is 72.2 Å². The van der Waals surface area contributed by atoms with Gasteiger partial charge in [-0.1, -0.05) is 73.9 Å². The summed E-state index contributed by atoms with van der Waals surface area (Å²) in [7, 11) is 0. The van der Waals surface area contributed by atoms with Crippen molar-refractivity contribution in [2.75, 3.05) is 57.4 Å². The Labute approximate surface area is 587 Å². The van der Waals surface area contributed by atoms with Gasteiger partial charge in [-0.3, -0.25) is 67.1 Å². The van der Waals surface area contributed by atoms with Gasteiger partial charge in [0.05, 0.1) is 32.8 Å². The maximum absolute atomic E-state index is 14.5. The lowest BCUT2D eigenvalue weighted by Crippen LogP contribution is -2.61. The van der Waals surface area contributed by atoms with Crippen LogP contribution in [0, 0.1) is 23.7 Å². The molecular formula is C63H104N16O18S2. The van der Waals surface area contributed by atoms with Crippen molar-refractivity contribution in [3.63, 3.8) is 0 Å². The molecular weight excluding hydrogens is 1330 g/mol. The first-order valence-corrected chi connectivity index (χ1v) is 34.3. The van der Waals surface area contributed by atoms with Crippen LogP contribution in [0.25, 0.3) is 0 Å². The number of hydrogen-bond donors (Lipinski definition) is 20. The van der Waals surface area contributed by atoms with Gasteiger partial charge >= 0.3 is 5.97 Å². The van der Waals surface area contributed by atoms with Gasteiger partial charge in [-0.05, 0) is 99.8 Å². The predicted molar refractivity (Wildman–Crippen MR) is 368 cm³/mol. The average Bonchev–Trinajstić information content (AvgIpc) is 1.77. The average molecular weight is 1440 g/mol. The summed E-state index contributed by atoms with van der Waals surface area (Å²) >= 11 is 7.98. The molecule has 34 nitrogen and oxygen atoms in total. The fourth-order valence-corrected chi connectivity index (χ4v) is 10.6. The molecule has 36 heteroatoms. The van der Waals surface area contributed by atoms with E-state index in [1.165, 1.54) is 36.1 Å². The van der Waals surface area contributed by atoms with Crippen molar-refractivity contribution in [2.24, 2.45) is 35.1 Å². The fraction of sp³-hybridized carbons (Fsp3) is 0.667. The lowest BCUT2D eigenvalue weighted by molar-refractivity contribution is -0.142. The van der Waals surface area contributed by atoms with Gasteiger partial charge in [-0.2, -0.15) is 25.3 Å². The number of nitrogens with zero attached hydrogens (tertiary/aromatic N) is 1. The van der Waals surface area contributed by atoms with E-state index in [-0.39, 0.29) is 80.8 Å². The first-order chi connectivity index (χ1) is 46.6. The number of aliphatic hydroxyl groups excluding tert-OH is 1. The molecule has 1 heterocycles. The van der Waals surface area contributed by atoms with E-state index in [1.807, 2.05) is 13.8 Å². The van der Waals surface area contributed by atoms with E-state index < -0.39 is 193 Å². The van der Waals surface area contributed by atoms with Crippen LogP contribution < -0.4 is 80.6 Å². The number of amides is 14. The highest BCUT2D eigenvalue weighted by Crippen LogP contribution is 2.22. The van der Waals surface area contributed by atoms with Gasteiger partial charge in [-0.25, -0.2) is 4.79 Å². The van der Waals surface area contributed by atoms with Gasteiger partial charge < -0.3 is 101 Å². The second kappa shape index (κ2) is 44.6. The maximum atomic E-state index is 14.5. The number of rotatable bonds is 44. The zero-order valence-corrected chi connectivity index (χ0v) is 59.4. The number of aromatic hydroxyl groups is 1. The highest BCUT2D eigenvalue weighted by Gasteiger charge is 2.40. The van der Waals surface area contributed by atoms with Crippen LogP contribution in [-0.4, -0.2) is 233 Å². The lowest BCUT2D eigenvalue weighted by Gasteiger charge is -2.31. The van der Waals surface area contributed by atoms with E-state index in [0.29, 0.717) is 31.2 Å². The topological polar surface area (TPSA) is 528 Å². The van der Waals surface area contributed by atoms with Crippen molar-refractivity contribution in [1.29, 1.82) is 0 Å². The third-order valence-electron chi connectivity index (χ3n) is 15.8. The van der Waals surface area contributed by atoms with E-state index in [1.54, 1.807) is 41.5 Å². The summed E-state index contributed by atoms with van der Waals surface area (Å²) in [5, 5.41) is 61.8. The SMILES string of the molecule is CC[C@H](C)[C@H](NC(=O)[C@H](CC(C)C)NC(=O)CN)C(=O)N[C@@H](CO)C(=O)N[C@H](C(=O)NCC(=O)NCC(=O)N[C@@H](C)C(=O)N[C@@H](CCCCN)C(=O)N[C@@H](Cc1ccc(O)cc1)C(=O)N[C@@H](CC(C)C)C(=O)N1CCC[C@H]1C(=O)NCC(=O)N[C@@H](CS)C(=O)N[C@@H](CS)C(=O)O)C(C)C. The molecule has 0 radical (unpaired) electrons. The van der Waals surface area contributed by atoms with E-state index in [9.17, 15) is 87.2 Å². The Morgan fingerprint density at radius 1 is 0.535 bits per heavy atom. The number of carbonyl (C=O) groups excluding carboxylic acids is 14. The summed E-state index contributed by atoms with van der Waals surface area (Å²) in [6.45, 7) is 12.1. The molecule has 0 aliphatic carbocycles. The van der Waals surface area contributed by atoms with Crippen molar-refractivity contribution < 1.29 is 87.2 Å². The third kappa shape index (κ3) is 30.8. The Hall–Kier alpha value is -8.35. The highest BCUT2D eigenvalue weighted by atomic mass is 32.1. The number of aliphatic carboxylic acids is 1. The van der Waals surface area contributed by atoms with Crippen LogP contribution in [-0.2, 0) is 78.3 Å². The molecule has 1 aromatic carbocycles. The van der Waals surface area contributed by atoms with Crippen LogP contribution in [0.4, 0.5) is 0 Å². The minimum Gasteiger partial charge on any atom is -0.508 e. The van der Waals surface area contributed by atoms with E-state index in [0.717, 1.165) is 0 Å². The molecule has 14 amide bonds. The van der Waals surface area contributed by atoms with Crippen LogP contribution in [0.1, 0.15) is 119 Å². The number of benzene rings is 1. The number of carboxylic acids is 1. The Balaban J connectivity index is 2.18. The molecule has 1 aromatic rings. The number of thiol groups is 2. The second-order valence-electron chi connectivity index (χ2n) is 25.3. The molecule has 0 bridgehead atoms. The normalized spacial score (nSPS) is 16.1. The lowest BCUT2D eigenvalue weighted by atomic mass is 9.96. The van der Waals surface area contributed by atoms with Crippen molar-refractivity contribution in [2.45, 2.75) is 187 Å². The molecule has 12 atom stereocenters. The van der Waals surface area contributed by atoms with Crippen LogP contribution in [0.3, 0.4) is 0 Å². The van der Waals surface area contributed by atoms with Crippen LogP contribution in [0.5, 0.6) is 5.75 Å². The smallest absolute Gasteiger partial charge is 0.327 e. The Morgan fingerprint density at radius 2 is 1.04 bits per heavy atom. The van der Waals surface area contributed by atoms with Gasteiger partial charge in [0.25, 0.3) is 0 Å². The highest BCUT2D eigenvalue weighted by molar-refractivity contribution is 7.80. The minimum absolute atomic E-state index is 0.00688. The molecule has 1 aliphatic heterocycles. The maximum Gasteiger partial charge on any atom is 0.327 e. The van der Waals surface area contributed by atoms with Gasteiger partial charge in [-0.15, -0.1) is 0 Å². The second-order valence-corrected chi connectivity index (χ2v) is 26.1. The first-order valence-electron chi connectivity index (χ1n) is 33.0. The van der Waals surface area contributed by atoms with Crippen LogP contribution in [0.15, 0.2) is 24.3 Å². The Kier molecular flexibility index (Phi) is 39.1. The molecule has 0 spiro atoms. The summed E-state index contributed by atoms with van der Waals surface area (Å²) in [4.78, 5) is 201. The van der Waals surface area contributed by atoms with Gasteiger partial charge in [0.2, 0.25) is 82.7 Å². The number of aliphatic hydroxyl groups is 1. The van der Waals surface area contributed by atoms with Gasteiger partial charge in [0.15, 0.2) is 0 Å². The van der Waals surface area contributed by atoms with Crippen molar-refractivity contribution in [3.05, 3.63) is 29.8 Å². The molecule has 1 fully saturated rings. The van der Waals surface area contributed by atoms with Crippen molar-refractivity contribution in [3.8, 4) is 5.75 Å². The number of carbonyl (C=O) groups is 15. The number of phenolic OH excluding ortho intramolecular Hbond substituents is 1. The number of likely N-dealkylation sites (tertiary alicyclic amines) is 1. The number of unbranched alkanes of at least 4 members (excludes halogenated alkanes) is 1. The number of hydrogen-bond acceptors (Lipinski definition) is 21. The number of nitrogens with two attached hydrogens (primary N) is 2. The molecule has 0 unspecified atom stereocenters. The van der Waals surface area contributed by atoms with Gasteiger partial charge in [0, 0.05) is 24.5 Å². The number of carboxylic acid groups (broad SMARTS) is 1. The van der Waals surface area contributed by atoms with Crippen molar-refractivity contribution in [1.82, 2.24) is 74.0 Å². The first kappa shape index (κ1) is 86.7. The number of phenols is 1. The van der Waals surface area contributed by atoms with Crippen molar-refractivity contribution >= 4 is 114 Å². The molecule has 556 valence electrons. The molecule has 20 N–H and O–H groups in total. The standard InChI is InChI=1S/C63H104N16O18S2/c1-10-35(8)52(78-56(89)40(22-32(2)3)70-47(82)25-65)61(94)75-43(29-80)57(90)77-51(34(6)7)60(93)68-26-48(83)66-27-49(84)69-36(9)53(86)72-39(14-11-12-20-64)54(87)73-41(24-37-16-18-38(81)19-17-37)55(88)74-42(23-33(4)5)62(95)79-21-13-15-46(79)59(92)67-28-50(85)71-44(30-98)58(91)76-45(31-99)63(96)97/h16-19,32-36,39-46,51-52,80-81,98-99H,10-15,20-31,64-65H2,1-9H3,(H,66,83)(H,67,92)(H,68,93)(H,69,84)(H,70,82)(H,71,85)(H,72,86)(H,73,87)(H,74,88)(H,75,94)(H,76,91)(H,77,90)(H,78,89)(H,96,97)/t35-,36-,39-,40-,41-,42-,43-,44-,45-,46-,51-,52-/m0/s1. The Bertz CT molecular complexity index is 2930. The number of nitrogens with one attached hydrogen (secondary N) is 13. The molecule has 1 aliphatic rings. The molecule has 0 saturated carbocycles. The zero-order valence-electron chi connectivity index (χ0n) is 57.7. The molecule has 2 rings (SSSR count). The third-order valence-corrected chi connectivity index (χ3v) is 16.6. The van der Waals surface area contributed by atoms with E-state index >= 15 is 0 Å². The fourth-order valence-electron chi connectivity index (χ4n) is 10.1. The van der Waals surface area contributed by atoms with E-state index in [4.69, 9.17) is 11.5 Å². The molecule has 0 aromatic heterocycles. The predicted octanol–water partition coefficient (Wildman–Crippen LogP) is -5.04. The summed E-state index contributed by atoms with van der Waals surface area (Å²) in [5.74, 6) is -14.5. The minimum atomic E-state index is -1.61.